The second kappa shape index (κ2) is 4.55. The molecule has 2 aliphatic rings. The number of nitrogens with zero attached hydrogens (tertiary/aromatic N) is 6. The third-order valence-electron chi connectivity index (χ3n) is 4.29. The van der Waals surface area contributed by atoms with Crippen LogP contribution in [0.2, 0.25) is 0 Å². The molecule has 0 N–H and O–H groups in total. The molecule has 106 valence electrons. The molecule has 21 heavy (non-hydrogen) atoms. The van der Waals surface area contributed by atoms with E-state index in [0.29, 0.717) is 11.6 Å². The van der Waals surface area contributed by atoms with Crippen LogP contribution in [0.25, 0.3) is 0 Å². The predicted octanol–water partition coefficient (Wildman–Crippen LogP) is 1.40. The number of fused-ring (bicyclic) bond motifs is 1. The van der Waals surface area contributed by atoms with Crippen molar-refractivity contribution in [1.29, 1.82) is 5.26 Å². The fourth-order valence-electron chi connectivity index (χ4n) is 3.19. The van der Waals surface area contributed by atoms with Gasteiger partial charge in [0.25, 0.3) is 0 Å². The molecule has 2 aromatic rings. The maximum atomic E-state index is 8.86. The molecule has 3 heterocycles. The number of aromatic nitrogens is 4. The van der Waals surface area contributed by atoms with E-state index in [1.54, 1.807) is 6.20 Å². The first-order valence-electron chi connectivity index (χ1n) is 7.30. The molecule has 0 aromatic carbocycles. The maximum Gasteiger partial charge on any atom is 0.135 e. The van der Waals surface area contributed by atoms with Gasteiger partial charge in [-0.1, -0.05) is 0 Å². The van der Waals surface area contributed by atoms with Crippen LogP contribution in [-0.4, -0.2) is 32.8 Å². The van der Waals surface area contributed by atoms with Crippen LogP contribution in [0.1, 0.15) is 35.1 Å². The molecule has 6 nitrogen and oxygen atoms in total. The summed E-state index contributed by atoms with van der Waals surface area (Å²) in [5.74, 6) is 1.97. The van der Waals surface area contributed by atoms with E-state index >= 15 is 0 Å². The Labute approximate surface area is 123 Å². The van der Waals surface area contributed by atoms with Crippen LogP contribution in [0.4, 0.5) is 5.82 Å². The van der Waals surface area contributed by atoms with Gasteiger partial charge >= 0.3 is 0 Å². The number of aryl methyl sites for hydroxylation is 2. The third kappa shape index (κ3) is 1.97. The molecule has 1 fully saturated rings. The Kier molecular flexibility index (Phi) is 2.67. The van der Waals surface area contributed by atoms with E-state index in [9.17, 15) is 0 Å². The zero-order valence-electron chi connectivity index (χ0n) is 12.0. The van der Waals surface area contributed by atoms with E-state index in [2.05, 4.69) is 26.0 Å². The number of nitriles is 1. The normalized spacial score (nSPS) is 17.4. The smallest absolute Gasteiger partial charge is 0.135 e. The van der Waals surface area contributed by atoms with Crippen molar-refractivity contribution in [2.24, 2.45) is 0 Å². The minimum Gasteiger partial charge on any atom is -0.352 e. The molecule has 1 saturated heterocycles. The van der Waals surface area contributed by atoms with Crippen molar-refractivity contribution >= 4 is 5.82 Å². The van der Waals surface area contributed by atoms with Gasteiger partial charge in [0.2, 0.25) is 0 Å². The third-order valence-corrected chi connectivity index (χ3v) is 4.29. The first kappa shape index (κ1) is 12.3. The Hall–Kier alpha value is -2.42. The molecule has 0 atom stereocenters. The van der Waals surface area contributed by atoms with Gasteiger partial charge in [-0.25, -0.2) is 9.97 Å². The average Bonchev–Trinajstić information content (AvgIpc) is 3.05. The summed E-state index contributed by atoms with van der Waals surface area (Å²) < 4.78 is 1.89. The lowest BCUT2D eigenvalue weighted by molar-refractivity contribution is 0.365. The van der Waals surface area contributed by atoms with Crippen molar-refractivity contribution in [1.82, 2.24) is 19.7 Å². The fourth-order valence-corrected chi connectivity index (χ4v) is 3.19. The van der Waals surface area contributed by atoms with Gasteiger partial charge < -0.3 is 4.90 Å². The van der Waals surface area contributed by atoms with Gasteiger partial charge in [0, 0.05) is 30.5 Å². The van der Waals surface area contributed by atoms with Gasteiger partial charge in [-0.2, -0.15) is 10.4 Å². The predicted molar refractivity (Wildman–Crippen MR) is 77.0 cm³/mol. The van der Waals surface area contributed by atoms with Gasteiger partial charge in [0.05, 0.1) is 17.8 Å². The van der Waals surface area contributed by atoms with Gasteiger partial charge in [-0.3, -0.25) is 4.68 Å². The Morgan fingerprint density at radius 3 is 2.90 bits per heavy atom. The van der Waals surface area contributed by atoms with Gasteiger partial charge in [-0.05, 0) is 26.2 Å². The highest BCUT2D eigenvalue weighted by atomic mass is 15.4. The summed E-state index contributed by atoms with van der Waals surface area (Å²) in [5.41, 5.74) is 3.18. The SMILES string of the molecule is Cc1nc2c(c(N3CC(n4cc(C#N)cn4)C3)n1)CCC2. The lowest BCUT2D eigenvalue weighted by Crippen LogP contribution is -2.49. The molecule has 2 aromatic heterocycles. The zero-order valence-corrected chi connectivity index (χ0v) is 12.0. The van der Waals surface area contributed by atoms with Gasteiger partial charge in [0.1, 0.15) is 17.7 Å². The highest BCUT2D eigenvalue weighted by molar-refractivity contribution is 5.53. The molecular weight excluding hydrogens is 264 g/mol. The largest absolute Gasteiger partial charge is 0.352 e. The lowest BCUT2D eigenvalue weighted by Gasteiger charge is -2.40. The average molecular weight is 280 g/mol. The molecule has 0 saturated carbocycles. The topological polar surface area (TPSA) is 70.6 Å². The second-order valence-electron chi connectivity index (χ2n) is 5.75. The summed E-state index contributed by atoms with van der Waals surface area (Å²) in [5, 5.41) is 13.1. The van der Waals surface area contributed by atoms with Crippen molar-refractivity contribution in [2.45, 2.75) is 32.2 Å². The molecule has 0 unspecified atom stereocenters. The molecule has 1 aliphatic carbocycles. The Morgan fingerprint density at radius 2 is 2.14 bits per heavy atom. The molecule has 1 aliphatic heterocycles. The monoisotopic (exact) mass is 280 g/mol. The molecule has 0 bridgehead atoms. The minimum atomic E-state index is 0.333. The molecule has 0 spiro atoms. The Morgan fingerprint density at radius 1 is 1.29 bits per heavy atom. The van der Waals surface area contributed by atoms with E-state index in [-0.39, 0.29) is 0 Å². The van der Waals surface area contributed by atoms with Crippen LogP contribution in [0.5, 0.6) is 0 Å². The van der Waals surface area contributed by atoms with Crippen LogP contribution in [0, 0.1) is 18.3 Å². The quantitative estimate of drug-likeness (QED) is 0.831. The van der Waals surface area contributed by atoms with Crippen LogP contribution >= 0.6 is 0 Å². The molecule has 0 amide bonds. The highest BCUT2D eigenvalue weighted by Gasteiger charge is 2.33. The summed E-state index contributed by atoms with van der Waals surface area (Å²) >= 11 is 0. The van der Waals surface area contributed by atoms with Crippen molar-refractivity contribution in [2.75, 3.05) is 18.0 Å². The van der Waals surface area contributed by atoms with Crippen molar-refractivity contribution in [3.8, 4) is 6.07 Å². The number of anilines is 1. The van der Waals surface area contributed by atoms with E-state index in [1.807, 2.05) is 17.8 Å². The maximum absolute atomic E-state index is 8.86. The molecular formula is C15H16N6. The second-order valence-corrected chi connectivity index (χ2v) is 5.75. The number of hydrogen-bond donors (Lipinski definition) is 0. The van der Waals surface area contributed by atoms with E-state index in [1.165, 1.54) is 17.7 Å². The van der Waals surface area contributed by atoms with Gasteiger partial charge in [0.15, 0.2) is 0 Å². The van der Waals surface area contributed by atoms with Crippen LogP contribution < -0.4 is 4.90 Å². The molecule has 0 radical (unpaired) electrons. The van der Waals surface area contributed by atoms with Gasteiger partial charge in [-0.15, -0.1) is 0 Å². The lowest BCUT2D eigenvalue weighted by atomic mass is 10.1. The minimum absolute atomic E-state index is 0.333. The summed E-state index contributed by atoms with van der Waals surface area (Å²) in [6.07, 6.45) is 6.79. The Bertz CT molecular complexity index is 735. The highest BCUT2D eigenvalue weighted by Crippen LogP contribution is 2.33. The first-order valence-corrected chi connectivity index (χ1v) is 7.30. The zero-order chi connectivity index (χ0) is 14.4. The number of rotatable bonds is 2. The Balaban J connectivity index is 1.55. The summed E-state index contributed by atoms with van der Waals surface area (Å²) in [7, 11) is 0. The fraction of sp³-hybridized carbons (Fsp3) is 0.467. The summed E-state index contributed by atoms with van der Waals surface area (Å²) in [6.45, 7) is 3.76. The summed E-state index contributed by atoms with van der Waals surface area (Å²) in [4.78, 5) is 11.5. The number of hydrogen-bond acceptors (Lipinski definition) is 5. The van der Waals surface area contributed by atoms with Crippen molar-refractivity contribution in [3.63, 3.8) is 0 Å². The van der Waals surface area contributed by atoms with Crippen LogP contribution in [0.15, 0.2) is 12.4 Å². The standard InChI is InChI=1S/C15H16N6/c1-10-18-14-4-2-3-13(14)15(19-10)20-8-12(9-20)21-7-11(5-16)6-17-21/h6-7,12H,2-4,8-9H2,1H3. The van der Waals surface area contributed by atoms with Crippen LogP contribution in [-0.2, 0) is 12.8 Å². The first-order chi connectivity index (χ1) is 10.2. The van der Waals surface area contributed by atoms with Crippen LogP contribution in [0.3, 0.4) is 0 Å². The summed E-state index contributed by atoms with van der Waals surface area (Å²) in [6, 6.07) is 2.45. The van der Waals surface area contributed by atoms with Crippen molar-refractivity contribution < 1.29 is 0 Å². The molecule has 4 rings (SSSR count). The van der Waals surface area contributed by atoms with Crippen molar-refractivity contribution in [3.05, 3.63) is 35.0 Å². The van der Waals surface area contributed by atoms with E-state index in [4.69, 9.17) is 5.26 Å². The van der Waals surface area contributed by atoms with E-state index in [0.717, 1.165) is 37.6 Å². The molecule has 6 heteroatoms. The van der Waals surface area contributed by atoms with E-state index < -0.39 is 0 Å².